The van der Waals surface area contributed by atoms with Gasteiger partial charge in [0, 0.05) is 6.42 Å². The summed E-state index contributed by atoms with van der Waals surface area (Å²) in [4.78, 5) is 16.1. The van der Waals surface area contributed by atoms with Gasteiger partial charge < -0.3 is 10.6 Å². The van der Waals surface area contributed by atoms with Crippen molar-refractivity contribution in [3.8, 4) is 0 Å². The molecule has 19 heavy (non-hydrogen) atoms. The summed E-state index contributed by atoms with van der Waals surface area (Å²) in [6.07, 6.45) is 5.68. The molecule has 1 saturated heterocycles. The van der Waals surface area contributed by atoms with Crippen molar-refractivity contribution in [3.63, 3.8) is 0 Å². The van der Waals surface area contributed by atoms with Gasteiger partial charge in [0.1, 0.15) is 4.60 Å². The second kappa shape index (κ2) is 7.01. The van der Waals surface area contributed by atoms with E-state index in [1.54, 1.807) is 6.20 Å². The molecule has 1 atom stereocenters. The molecule has 1 aromatic heterocycles. The average Bonchev–Trinajstić information content (AvgIpc) is 2.42. The van der Waals surface area contributed by atoms with Crippen molar-refractivity contribution < 1.29 is 4.79 Å². The highest BCUT2D eigenvalue weighted by Crippen LogP contribution is 2.18. The number of hydrogen-bond acceptors (Lipinski definition) is 3. The van der Waals surface area contributed by atoms with Crippen molar-refractivity contribution in [2.24, 2.45) is 5.92 Å². The van der Waals surface area contributed by atoms with Crippen LogP contribution in [0.15, 0.2) is 16.9 Å². The highest BCUT2D eigenvalue weighted by Gasteiger charge is 2.14. The summed E-state index contributed by atoms with van der Waals surface area (Å²) < 4.78 is 0.818. The van der Waals surface area contributed by atoms with Crippen LogP contribution in [0.25, 0.3) is 0 Å². The molecule has 0 saturated carbocycles. The molecule has 2 heterocycles. The second-order valence-electron chi connectivity index (χ2n) is 5.13. The Balaban J connectivity index is 1.78. The standard InChI is InChI=1S/C14H20BrN3O/c1-10-7-12(9-17-14(10)15)18-13(19)5-4-11-3-2-6-16-8-11/h7,9,11,16H,2-6,8H2,1H3,(H,18,19). The van der Waals surface area contributed by atoms with Crippen LogP contribution in [0.3, 0.4) is 0 Å². The van der Waals surface area contributed by atoms with E-state index in [9.17, 15) is 4.79 Å². The van der Waals surface area contributed by atoms with E-state index in [2.05, 4.69) is 31.5 Å². The Kier molecular flexibility index (Phi) is 5.34. The SMILES string of the molecule is Cc1cc(NC(=O)CCC2CCCNC2)cnc1Br. The Hall–Kier alpha value is -0.940. The third-order valence-corrected chi connectivity index (χ3v) is 4.31. The number of aromatic nitrogens is 1. The van der Waals surface area contributed by atoms with Crippen molar-refractivity contribution in [1.29, 1.82) is 0 Å². The molecular weight excluding hydrogens is 306 g/mol. The minimum absolute atomic E-state index is 0.0779. The van der Waals surface area contributed by atoms with Crippen molar-refractivity contribution in [1.82, 2.24) is 10.3 Å². The fourth-order valence-corrected chi connectivity index (χ4v) is 2.57. The molecule has 104 valence electrons. The largest absolute Gasteiger partial charge is 0.325 e. The van der Waals surface area contributed by atoms with Crippen molar-refractivity contribution in [3.05, 3.63) is 22.4 Å². The zero-order valence-corrected chi connectivity index (χ0v) is 12.8. The van der Waals surface area contributed by atoms with E-state index in [4.69, 9.17) is 0 Å². The maximum absolute atomic E-state index is 11.9. The van der Waals surface area contributed by atoms with E-state index in [1.807, 2.05) is 13.0 Å². The van der Waals surface area contributed by atoms with Crippen LogP contribution in [0.2, 0.25) is 0 Å². The van der Waals surface area contributed by atoms with Gasteiger partial charge in [0.2, 0.25) is 5.91 Å². The Labute approximate surface area is 122 Å². The topological polar surface area (TPSA) is 54.0 Å². The van der Waals surface area contributed by atoms with Crippen LogP contribution in [0.4, 0.5) is 5.69 Å². The Bertz CT molecular complexity index is 444. The third-order valence-electron chi connectivity index (χ3n) is 3.48. The first-order valence-corrected chi connectivity index (χ1v) is 7.57. The molecule has 0 spiro atoms. The predicted octanol–water partition coefficient (Wildman–Crippen LogP) is 2.87. The molecule has 4 nitrogen and oxygen atoms in total. The van der Waals surface area contributed by atoms with E-state index >= 15 is 0 Å². The Morgan fingerprint density at radius 1 is 1.63 bits per heavy atom. The first-order chi connectivity index (χ1) is 9.15. The Morgan fingerprint density at radius 3 is 3.16 bits per heavy atom. The van der Waals surface area contributed by atoms with Gasteiger partial charge in [0.05, 0.1) is 11.9 Å². The fraction of sp³-hybridized carbons (Fsp3) is 0.571. The minimum atomic E-state index is 0.0779. The number of carbonyl (C=O) groups is 1. The second-order valence-corrected chi connectivity index (χ2v) is 5.88. The lowest BCUT2D eigenvalue weighted by atomic mass is 9.94. The van der Waals surface area contributed by atoms with Crippen LogP contribution in [0, 0.1) is 12.8 Å². The maximum atomic E-state index is 11.9. The molecule has 2 N–H and O–H groups in total. The van der Waals surface area contributed by atoms with Gasteiger partial charge in [-0.15, -0.1) is 0 Å². The number of hydrogen-bond donors (Lipinski definition) is 2. The lowest BCUT2D eigenvalue weighted by molar-refractivity contribution is -0.116. The van der Waals surface area contributed by atoms with Gasteiger partial charge in [-0.05, 0) is 72.8 Å². The monoisotopic (exact) mass is 325 g/mol. The molecule has 1 amide bonds. The zero-order chi connectivity index (χ0) is 13.7. The quantitative estimate of drug-likeness (QED) is 0.837. The van der Waals surface area contributed by atoms with Gasteiger partial charge in [-0.3, -0.25) is 4.79 Å². The summed E-state index contributed by atoms with van der Waals surface area (Å²) >= 11 is 3.35. The van der Waals surface area contributed by atoms with Crippen LogP contribution in [-0.2, 0) is 4.79 Å². The number of aryl methyl sites for hydroxylation is 1. The van der Waals surface area contributed by atoms with Crippen LogP contribution in [-0.4, -0.2) is 24.0 Å². The number of anilines is 1. The molecule has 0 radical (unpaired) electrons. The van der Waals surface area contributed by atoms with E-state index in [-0.39, 0.29) is 5.91 Å². The van der Waals surface area contributed by atoms with Crippen LogP contribution < -0.4 is 10.6 Å². The maximum Gasteiger partial charge on any atom is 0.224 e. The molecule has 1 aliphatic heterocycles. The molecule has 1 fully saturated rings. The first-order valence-electron chi connectivity index (χ1n) is 6.78. The van der Waals surface area contributed by atoms with E-state index < -0.39 is 0 Å². The number of nitrogens with one attached hydrogen (secondary N) is 2. The average molecular weight is 326 g/mol. The molecule has 2 rings (SSSR count). The van der Waals surface area contributed by atoms with Crippen LogP contribution in [0.5, 0.6) is 0 Å². The number of pyridine rings is 1. The smallest absolute Gasteiger partial charge is 0.224 e. The van der Waals surface area contributed by atoms with Crippen LogP contribution in [0.1, 0.15) is 31.2 Å². The fourth-order valence-electron chi connectivity index (χ4n) is 2.36. The van der Waals surface area contributed by atoms with Crippen molar-refractivity contribution in [2.75, 3.05) is 18.4 Å². The van der Waals surface area contributed by atoms with E-state index in [0.717, 1.165) is 35.4 Å². The van der Waals surface area contributed by atoms with Gasteiger partial charge in [0.25, 0.3) is 0 Å². The normalized spacial score (nSPS) is 19.2. The molecule has 1 aliphatic rings. The third kappa shape index (κ3) is 4.58. The number of nitrogens with zero attached hydrogens (tertiary/aromatic N) is 1. The summed E-state index contributed by atoms with van der Waals surface area (Å²) in [5, 5.41) is 6.28. The number of amides is 1. The lowest BCUT2D eigenvalue weighted by Gasteiger charge is -2.22. The summed E-state index contributed by atoms with van der Waals surface area (Å²) in [6.45, 7) is 4.12. The molecule has 0 aliphatic carbocycles. The molecule has 0 aromatic carbocycles. The van der Waals surface area contributed by atoms with Gasteiger partial charge in [-0.1, -0.05) is 0 Å². The zero-order valence-electron chi connectivity index (χ0n) is 11.2. The van der Waals surface area contributed by atoms with Crippen molar-refractivity contribution in [2.45, 2.75) is 32.6 Å². The van der Waals surface area contributed by atoms with E-state index in [1.165, 1.54) is 12.8 Å². The van der Waals surface area contributed by atoms with Gasteiger partial charge >= 0.3 is 0 Å². The lowest BCUT2D eigenvalue weighted by Crippen LogP contribution is -2.30. The number of carbonyl (C=O) groups excluding carboxylic acids is 1. The number of piperidine rings is 1. The Morgan fingerprint density at radius 2 is 2.47 bits per heavy atom. The highest BCUT2D eigenvalue weighted by molar-refractivity contribution is 9.10. The van der Waals surface area contributed by atoms with E-state index in [0.29, 0.717) is 12.3 Å². The molecule has 1 unspecified atom stereocenters. The minimum Gasteiger partial charge on any atom is -0.325 e. The summed E-state index contributed by atoms with van der Waals surface area (Å²) in [5.41, 5.74) is 1.79. The molecule has 0 bridgehead atoms. The van der Waals surface area contributed by atoms with Gasteiger partial charge in [-0.2, -0.15) is 0 Å². The summed E-state index contributed by atoms with van der Waals surface area (Å²) in [7, 11) is 0. The highest BCUT2D eigenvalue weighted by atomic mass is 79.9. The van der Waals surface area contributed by atoms with Gasteiger partial charge in [0.15, 0.2) is 0 Å². The predicted molar refractivity (Wildman–Crippen MR) is 80.1 cm³/mol. The molecule has 1 aromatic rings. The summed E-state index contributed by atoms with van der Waals surface area (Å²) in [6, 6.07) is 1.93. The summed E-state index contributed by atoms with van der Waals surface area (Å²) in [5.74, 6) is 0.721. The first kappa shape index (κ1) is 14.5. The number of halogens is 1. The van der Waals surface area contributed by atoms with Crippen LogP contribution >= 0.6 is 15.9 Å². The molecule has 5 heteroatoms. The molecular formula is C14H20BrN3O. The van der Waals surface area contributed by atoms with Gasteiger partial charge in [-0.25, -0.2) is 4.98 Å². The van der Waals surface area contributed by atoms with Crippen molar-refractivity contribution >= 4 is 27.5 Å². The number of rotatable bonds is 4.